The Morgan fingerprint density at radius 2 is 1.92 bits per heavy atom. The largest absolute Gasteiger partial charge is 0.348 e. The molecule has 1 unspecified atom stereocenters. The lowest BCUT2D eigenvalue weighted by Crippen LogP contribution is -2.39. The molecule has 1 aliphatic heterocycles. The SMILES string of the molecule is O=C(CN1CCCC1=O)NC1CCc2ccc(-c3ccccc3)cc21. The summed E-state index contributed by atoms with van der Waals surface area (Å²) in [4.78, 5) is 25.7. The Morgan fingerprint density at radius 3 is 2.68 bits per heavy atom. The summed E-state index contributed by atoms with van der Waals surface area (Å²) in [5, 5.41) is 3.13. The normalized spacial score (nSPS) is 19.1. The molecule has 4 nitrogen and oxygen atoms in total. The van der Waals surface area contributed by atoms with Gasteiger partial charge >= 0.3 is 0 Å². The van der Waals surface area contributed by atoms with E-state index in [1.54, 1.807) is 4.90 Å². The lowest BCUT2D eigenvalue weighted by atomic mass is 9.99. The van der Waals surface area contributed by atoms with E-state index in [9.17, 15) is 9.59 Å². The third-order valence-electron chi connectivity index (χ3n) is 5.17. The maximum Gasteiger partial charge on any atom is 0.240 e. The van der Waals surface area contributed by atoms with Crippen molar-refractivity contribution in [1.29, 1.82) is 0 Å². The highest BCUT2D eigenvalue weighted by molar-refractivity contribution is 5.86. The number of aryl methyl sites for hydroxylation is 1. The molecule has 2 aliphatic rings. The van der Waals surface area contributed by atoms with Gasteiger partial charge in [0.05, 0.1) is 12.6 Å². The van der Waals surface area contributed by atoms with Gasteiger partial charge in [-0.3, -0.25) is 9.59 Å². The van der Waals surface area contributed by atoms with Crippen LogP contribution in [0.25, 0.3) is 11.1 Å². The van der Waals surface area contributed by atoms with Crippen molar-refractivity contribution < 1.29 is 9.59 Å². The van der Waals surface area contributed by atoms with E-state index in [1.807, 2.05) is 18.2 Å². The summed E-state index contributed by atoms with van der Waals surface area (Å²) in [7, 11) is 0. The Kier molecular flexibility index (Phi) is 4.26. The average molecular weight is 334 g/mol. The Bertz CT molecular complexity index is 801. The molecule has 1 atom stereocenters. The molecule has 4 heteroatoms. The van der Waals surface area contributed by atoms with E-state index in [-0.39, 0.29) is 24.4 Å². The average Bonchev–Trinajstić information content (AvgIpc) is 3.22. The highest BCUT2D eigenvalue weighted by Crippen LogP contribution is 2.34. The van der Waals surface area contributed by atoms with Gasteiger partial charge < -0.3 is 10.2 Å². The van der Waals surface area contributed by atoms with Gasteiger partial charge in [0.2, 0.25) is 11.8 Å². The number of nitrogens with zero attached hydrogens (tertiary/aromatic N) is 1. The predicted molar refractivity (Wildman–Crippen MR) is 96.9 cm³/mol. The Labute approximate surface area is 147 Å². The quantitative estimate of drug-likeness (QED) is 0.934. The highest BCUT2D eigenvalue weighted by Gasteiger charge is 2.27. The van der Waals surface area contributed by atoms with Crippen LogP contribution >= 0.6 is 0 Å². The molecule has 1 saturated heterocycles. The molecule has 0 spiro atoms. The third-order valence-corrected chi connectivity index (χ3v) is 5.17. The molecule has 1 aliphatic carbocycles. The van der Waals surface area contributed by atoms with Gasteiger partial charge in [-0.15, -0.1) is 0 Å². The van der Waals surface area contributed by atoms with E-state index in [2.05, 4.69) is 35.6 Å². The molecule has 0 saturated carbocycles. The second-order valence-corrected chi connectivity index (χ2v) is 6.86. The van der Waals surface area contributed by atoms with Crippen LogP contribution in [0.5, 0.6) is 0 Å². The van der Waals surface area contributed by atoms with Crippen LogP contribution in [0.4, 0.5) is 0 Å². The van der Waals surface area contributed by atoms with E-state index >= 15 is 0 Å². The van der Waals surface area contributed by atoms with Gasteiger partial charge in [-0.05, 0) is 47.6 Å². The molecule has 2 amide bonds. The molecule has 0 aromatic heterocycles. The molecular weight excluding hydrogens is 312 g/mol. The molecule has 2 aromatic carbocycles. The van der Waals surface area contributed by atoms with Crippen molar-refractivity contribution in [2.75, 3.05) is 13.1 Å². The molecule has 4 rings (SSSR count). The first-order chi connectivity index (χ1) is 12.2. The van der Waals surface area contributed by atoms with Crippen molar-refractivity contribution in [2.45, 2.75) is 31.7 Å². The van der Waals surface area contributed by atoms with Gasteiger partial charge in [-0.25, -0.2) is 0 Å². The van der Waals surface area contributed by atoms with E-state index in [4.69, 9.17) is 0 Å². The molecule has 1 fully saturated rings. The minimum Gasteiger partial charge on any atom is -0.348 e. The molecule has 128 valence electrons. The number of hydrogen-bond donors (Lipinski definition) is 1. The first-order valence-corrected chi connectivity index (χ1v) is 8.96. The number of amides is 2. The molecule has 2 aromatic rings. The fourth-order valence-electron chi connectivity index (χ4n) is 3.85. The van der Waals surface area contributed by atoms with Crippen LogP contribution in [0, 0.1) is 0 Å². The van der Waals surface area contributed by atoms with Gasteiger partial charge in [0, 0.05) is 13.0 Å². The molecule has 1 heterocycles. The maximum absolute atomic E-state index is 12.4. The summed E-state index contributed by atoms with van der Waals surface area (Å²) in [6.07, 6.45) is 3.34. The van der Waals surface area contributed by atoms with Crippen LogP contribution < -0.4 is 5.32 Å². The van der Waals surface area contributed by atoms with Crippen molar-refractivity contribution in [3.8, 4) is 11.1 Å². The minimum absolute atomic E-state index is 0.0452. The second-order valence-electron chi connectivity index (χ2n) is 6.86. The summed E-state index contributed by atoms with van der Waals surface area (Å²) < 4.78 is 0. The van der Waals surface area contributed by atoms with Crippen molar-refractivity contribution >= 4 is 11.8 Å². The molecule has 0 radical (unpaired) electrons. The van der Waals surface area contributed by atoms with E-state index in [1.165, 1.54) is 22.3 Å². The van der Waals surface area contributed by atoms with Crippen molar-refractivity contribution in [1.82, 2.24) is 10.2 Å². The topological polar surface area (TPSA) is 49.4 Å². The van der Waals surface area contributed by atoms with Crippen LogP contribution in [-0.4, -0.2) is 29.8 Å². The number of carbonyl (C=O) groups is 2. The summed E-state index contributed by atoms with van der Waals surface area (Å²) >= 11 is 0. The van der Waals surface area contributed by atoms with Crippen molar-refractivity contribution in [3.63, 3.8) is 0 Å². The highest BCUT2D eigenvalue weighted by atomic mass is 16.2. The first-order valence-electron chi connectivity index (χ1n) is 8.96. The Morgan fingerprint density at radius 1 is 1.08 bits per heavy atom. The monoisotopic (exact) mass is 334 g/mol. The lowest BCUT2D eigenvalue weighted by Gasteiger charge is -2.19. The number of nitrogens with one attached hydrogen (secondary N) is 1. The lowest BCUT2D eigenvalue weighted by molar-refractivity contribution is -0.133. The standard InChI is InChI=1S/C21H22N2O2/c24-20(14-23-12-4-7-21(23)25)22-19-11-10-16-8-9-17(13-18(16)19)15-5-2-1-3-6-15/h1-3,5-6,8-9,13,19H,4,7,10-12,14H2,(H,22,24). The van der Waals surface area contributed by atoms with Crippen LogP contribution in [0.2, 0.25) is 0 Å². The van der Waals surface area contributed by atoms with Gasteiger partial charge in [0.15, 0.2) is 0 Å². The predicted octanol–water partition coefficient (Wildman–Crippen LogP) is 3.08. The zero-order valence-electron chi connectivity index (χ0n) is 14.2. The van der Waals surface area contributed by atoms with Crippen molar-refractivity contribution in [2.24, 2.45) is 0 Å². The smallest absolute Gasteiger partial charge is 0.240 e. The maximum atomic E-state index is 12.4. The molecule has 0 bridgehead atoms. The summed E-state index contributed by atoms with van der Waals surface area (Å²) in [6.45, 7) is 0.884. The number of hydrogen-bond acceptors (Lipinski definition) is 2. The fourth-order valence-corrected chi connectivity index (χ4v) is 3.85. The van der Waals surface area contributed by atoms with Gasteiger partial charge in [-0.1, -0.05) is 42.5 Å². The van der Waals surface area contributed by atoms with Crippen LogP contribution in [0.3, 0.4) is 0 Å². The van der Waals surface area contributed by atoms with Crippen molar-refractivity contribution in [3.05, 3.63) is 59.7 Å². The third kappa shape index (κ3) is 3.29. The number of likely N-dealkylation sites (tertiary alicyclic amines) is 1. The summed E-state index contributed by atoms with van der Waals surface area (Å²) in [6, 6.07) is 16.9. The summed E-state index contributed by atoms with van der Waals surface area (Å²) in [5.41, 5.74) is 4.88. The van der Waals surface area contributed by atoms with Crippen LogP contribution in [-0.2, 0) is 16.0 Å². The molecule has 25 heavy (non-hydrogen) atoms. The van der Waals surface area contributed by atoms with Crippen LogP contribution in [0.1, 0.15) is 36.4 Å². The summed E-state index contributed by atoms with van der Waals surface area (Å²) in [5.74, 6) is 0.0338. The number of fused-ring (bicyclic) bond motifs is 1. The van der Waals surface area contributed by atoms with Gasteiger partial charge in [0.1, 0.15) is 0 Å². The van der Waals surface area contributed by atoms with Crippen LogP contribution in [0.15, 0.2) is 48.5 Å². The first kappa shape index (κ1) is 15.9. The van der Waals surface area contributed by atoms with E-state index in [0.717, 1.165) is 19.3 Å². The van der Waals surface area contributed by atoms with Gasteiger partial charge in [0.25, 0.3) is 0 Å². The number of rotatable bonds is 4. The molecular formula is C21H22N2O2. The van der Waals surface area contributed by atoms with Gasteiger partial charge in [-0.2, -0.15) is 0 Å². The van der Waals surface area contributed by atoms with E-state index in [0.29, 0.717) is 13.0 Å². The number of benzene rings is 2. The van der Waals surface area contributed by atoms with E-state index < -0.39 is 0 Å². The molecule has 1 N–H and O–H groups in total. The second kappa shape index (κ2) is 6.71. The fraction of sp³-hybridized carbons (Fsp3) is 0.333. The zero-order chi connectivity index (χ0) is 17.2. The Balaban J connectivity index is 1.49. The zero-order valence-corrected chi connectivity index (χ0v) is 14.2. The number of carbonyl (C=O) groups excluding carboxylic acids is 2. The Hall–Kier alpha value is -2.62. The minimum atomic E-state index is -0.0572.